The summed E-state index contributed by atoms with van der Waals surface area (Å²) in [5, 5.41) is 0.778. The van der Waals surface area contributed by atoms with Crippen molar-refractivity contribution in [1.29, 1.82) is 0 Å². The van der Waals surface area contributed by atoms with Gasteiger partial charge in [0.2, 0.25) is 11.9 Å². The maximum absolute atomic E-state index is 12.1. The number of rotatable bonds is 3. The molecule has 2 N–H and O–H groups in total. The van der Waals surface area contributed by atoms with Gasteiger partial charge >= 0.3 is 6.01 Å². The second-order valence-electron chi connectivity index (χ2n) is 5.20. The molecule has 8 heteroatoms. The predicted molar refractivity (Wildman–Crippen MR) is 87.8 cm³/mol. The number of ether oxygens (including phenoxy) is 1. The third kappa shape index (κ3) is 2.78. The van der Waals surface area contributed by atoms with Crippen LogP contribution in [0.4, 0.5) is 11.9 Å². The summed E-state index contributed by atoms with van der Waals surface area (Å²) in [5.74, 6) is 0.798. The zero-order valence-electron chi connectivity index (χ0n) is 13.0. The number of nitrogens with zero attached hydrogens (tertiary/aromatic N) is 5. The molecule has 1 aromatic carbocycles. The maximum Gasteiger partial charge on any atom is 0.328 e. The Hall–Kier alpha value is -3.16. The van der Waals surface area contributed by atoms with Crippen LogP contribution in [0.15, 0.2) is 35.1 Å². The van der Waals surface area contributed by atoms with Gasteiger partial charge in [-0.25, -0.2) is 0 Å². The number of para-hydroxylation sites is 1. The Bertz CT molecular complexity index is 935. The minimum absolute atomic E-state index is 0.0413. The molecule has 0 aliphatic heterocycles. The molecule has 0 amide bonds. The number of hydrogen-bond acceptors (Lipinski definition) is 7. The van der Waals surface area contributed by atoms with Crippen molar-refractivity contribution in [2.75, 3.05) is 24.7 Å². The highest BCUT2D eigenvalue weighted by Crippen LogP contribution is 2.27. The van der Waals surface area contributed by atoms with Crippen LogP contribution in [0.5, 0.6) is 11.8 Å². The van der Waals surface area contributed by atoms with Gasteiger partial charge in [0.05, 0.1) is 5.52 Å². The summed E-state index contributed by atoms with van der Waals surface area (Å²) in [6, 6.07) is 8.87. The van der Waals surface area contributed by atoms with Gasteiger partial charge in [0.15, 0.2) is 0 Å². The summed E-state index contributed by atoms with van der Waals surface area (Å²) in [6.45, 7) is 0. The van der Waals surface area contributed by atoms with Gasteiger partial charge in [-0.15, -0.1) is 0 Å². The second-order valence-corrected chi connectivity index (χ2v) is 5.20. The maximum atomic E-state index is 12.1. The van der Waals surface area contributed by atoms with Gasteiger partial charge in [-0.05, 0) is 12.1 Å². The minimum atomic E-state index is -0.187. The Morgan fingerprint density at radius 3 is 2.65 bits per heavy atom. The van der Waals surface area contributed by atoms with E-state index < -0.39 is 0 Å². The SMILES string of the molecule is CN(C)c1nc(N)nc(Oc2cc(=O)n(C)c3ccccc23)n1. The van der Waals surface area contributed by atoms with Crippen molar-refractivity contribution in [2.45, 2.75) is 0 Å². The van der Waals surface area contributed by atoms with E-state index in [0.717, 1.165) is 10.9 Å². The van der Waals surface area contributed by atoms with Crippen LogP contribution in [0.25, 0.3) is 10.9 Å². The fraction of sp³-hybridized carbons (Fsp3) is 0.200. The number of nitrogens with two attached hydrogens (primary N) is 1. The zero-order valence-corrected chi connectivity index (χ0v) is 13.0. The highest BCUT2D eigenvalue weighted by Gasteiger charge is 2.12. The van der Waals surface area contributed by atoms with Gasteiger partial charge < -0.3 is 19.9 Å². The Balaban J connectivity index is 2.13. The number of benzene rings is 1. The molecule has 0 radical (unpaired) electrons. The monoisotopic (exact) mass is 312 g/mol. The lowest BCUT2D eigenvalue weighted by atomic mass is 10.2. The lowest BCUT2D eigenvalue weighted by molar-refractivity contribution is 0.444. The molecule has 0 aliphatic rings. The van der Waals surface area contributed by atoms with E-state index in [9.17, 15) is 4.79 Å². The van der Waals surface area contributed by atoms with E-state index in [1.807, 2.05) is 24.3 Å². The Kier molecular flexibility index (Phi) is 3.57. The Morgan fingerprint density at radius 2 is 1.91 bits per heavy atom. The van der Waals surface area contributed by atoms with Crippen LogP contribution in [-0.2, 0) is 7.05 Å². The first kappa shape index (κ1) is 14.8. The standard InChI is InChI=1S/C15H16N6O2/c1-20(2)14-17-13(16)18-15(19-14)23-11-8-12(22)21(3)10-7-5-4-6-9(10)11/h4-8H,1-3H3,(H2,16,17,18,19). The van der Waals surface area contributed by atoms with Gasteiger partial charge in [-0.3, -0.25) is 4.79 Å². The van der Waals surface area contributed by atoms with E-state index in [4.69, 9.17) is 10.5 Å². The van der Waals surface area contributed by atoms with E-state index in [2.05, 4.69) is 15.0 Å². The molecule has 23 heavy (non-hydrogen) atoms. The zero-order chi connectivity index (χ0) is 16.6. The summed E-state index contributed by atoms with van der Waals surface area (Å²) >= 11 is 0. The van der Waals surface area contributed by atoms with Crippen molar-refractivity contribution < 1.29 is 4.74 Å². The van der Waals surface area contributed by atoms with Gasteiger partial charge in [-0.1, -0.05) is 12.1 Å². The van der Waals surface area contributed by atoms with E-state index in [1.165, 1.54) is 6.07 Å². The van der Waals surface area contributed by atoms with Crippen molar-refractivity contribution in [3.8, 4) is 11.8 Å². The van der Waals surface area contributed by atoms with Crippen molar-refractivity contribution in [3.63, 3.8) is 0 Å². The van der Waals surface area contributed by atoms with Gasteiger partial charge in [0.1, 0.15) is 5.75 Å². The van der Waals surface area contributed by atoms with Gasteiger partial charge in [0, 0.05) is 32.6 Å². The average Bonchev–Trinajstić information content (AvgIpc) is 2.52. The average molecular weight is 312 g/mol. The summed E-state index contributed by atoms with van der Waals surface area (Å²) in [6.07, 6.45) is 0. The molecule has 0 bridgehead atoms. The van der Waals surface area contributed by atoms with Crippen LogP contribution in [0.3, 0.4) is 0 Å². The summed E-state index contributed by atoms with van der Waals surface area (Å²) in [7, 11) is 5.28. The fourth-order valence-corrected chi connectivity index (χ4v) is 2.17. The molecule has 0 spiro atoms. The van der Waals surface area contributed by atoms with Crippen LogP contribution in [0.2, 0.25) is 0 Å². The third-order valence-electron chi connectivity index (χ3n) is 3.34. The first-order valence-electron chi connectivity index (χ1n) is 6.91. The molecular formula is C15H16N6O2. The molecule has 2 aromatic heterocycles. The van der Waals surface area contributed by atoms with Crippen LogP contribution >= 0.6 is 0 Å². The molecule has 2 heterocycles. The number of anilines is 2. The lowest BCUT2D eigenvalue weighted by Crippen LogP contribution is -2.17. The van der Waals surface area contributed by atoms with E-state index in [1.54, 1.807) is 30.6 Å². The molecule has 0 saturated heterocycles. The minimum Gasteiger partial charge on any atom is -0.423 e. The molecule has 3 aromatic rings. The first-order chi connectivity index (χ1) is 11.0. The third-order valence-corrected chi connectivity index (χ3v) is 3.34. The number of pyridine rings is 1. The number of aryl methyl sites for hydroxylation is 1. The van der Waals surface area contributed by atoms with Gasteiger partial charge in [0.25, 0.3) is 5.56 Å². The molecular weight excluding hydrogens is 296 g/mol. The van der Waals surface area contributed by atoms with Crippen molar-refractivity contribution >= 4 is 22.8 Å². The van der Waals surface area contributed by atoms with Crippen molar-refractivity contribution in [2.24, 2.45) is 7.05 Å². The van der Waals surface area contributed by atoms with Crippen molar-refractivity contribution in [3.05, 3.63) is 40.7 Å². The number of nitrogen functional groups attached to an aromatic ring is 1. The predicted octanol–water partition coefficient (Wildman–Crippen LogP) is 1.16. The largest absolute Gasteiger partial charge is 0.423 e. The van der Waals surface area contributed by atoms with Crippen LogP contribution < -0.4 is 20.9 Å². The second kappa shape index (κ2) is 5.56. The van der Waals surface area contributed by atoms with E-state index in [-0.39, 0.29) is 17.5 Å². The first-order valence-corrected chi connectivity index (χ1v) is 6.91. The highest BCUT2D eigenvalue weighted by atomic mass is 16.5. The molecule has 0 saturated carbocycles. The highest BCUT2D eigenvalue weighted by molar-refractivity contribution is 5.85. The molecule has 0 atom stereocenters. The smallest absolute Gasteiger partial charge is 0.328 e. The summed E-state index contributed by atoms with van der Waals surface area (Å²) < 4.78 is 7.27. The molecule has 0 aliphatic carbocycles. The number of fused-ring (bicyclic) bond motifs is 1. The summed E-state index contributed by atoms with van der Waals surface area (Å²) in [4.78, 5) is 25.9. The molecule has 0 unspecified atom stereocenters. The summed E-state index contributed by atoms with van der Waals surface area (Å²) in [5.41, 5.74) is 6.25. The number of aromatic nitrogens is 4. The van der Waals surface area contributed by atoms with Crippen molar-refractivity contribution in [1.82, 2.24) is 19.5 Å². The number of hydrogen-bond donors (Lipinski definition) is 1. The molecule has 0 fully saturated rings. The fourth-order valence-electron chi connectivity index (χ4n) is 2.17. The molecule has 8 nitrogen and oxygen atoms in total. The molecule has 3 rings (SSSR count). The van der Waals surface area contributed by atoms with Crippen LogP contribution in [-0.4, -0.2) is 33.6 Å². The van der Waals surface area contributed by atoms with E-state index in [0.29, 0.717) is 11.7 Å². The quantitative estimate of drug-likeness (QED) is 0.774. The van der Waals surface area contributed by atoms with Gasteiger partial charge in [-0.2, -0.15) is 15.0 Å². The topological polar surface area (TPSA) is 99.2 Å². The van der Waals surface area contributed by atoms with Crippen LogP contribution in [0.1, 0.15) is 0 Å². The van der Waals surface area contributed by atoms with E-state index >= 15 is 0 Å². The van der Waals surface area contributed by atoms with Crippen LogP contribution in [0, 0.1) is 0 Å². The Labute approximate surface area is 132 Å². The Morgan fingerprint density at radius 1 is 1.17 bits per heavy atom. The molecule has 118 valence electrons. The normalized spacial score (nSPS) is 10.7. The lowest BCUT2D eigenvalue weighted by Gasteiger charge is -2.13.